The number of aliphatic hydroxyl groups is 1. The molecule has 20 heavy (non-hydrogen) atoms. The van der Waals surface area contributed by atoms with Crippen molar-refractivity contribution in [2.24, 2.45) is 0 Å². The number of aliphatic hydroxyl groups excluding tert-OH is 1. The average Bonchev–Trinajstić information content (AvgIpc) is 2.42. The van der Waals surface area contributed by atoms with Gasteiger partial charge in [0.25, 0.3) is 0 Å². The number of amides is 1. The summed E-state index contributed by atoms with van der Waals surface area (Å²) in [5, 5.41) is 11.9. The van der Waals surface area contributed by atoms with Crippen molar-refractivity contribution in [2.75, 3.05) is 25.0 Å². The Morgan fingerprint density at radius 3 is 3.00 bits per heavy atom. The second kappa shape index (κ2) is 7.15. The summed E-state index contributed by atoms with van der Waals surface area (Å²) in [6, 6.07) is 4.55. The fourth-order valence-corrected chi connectivity index (χ4v) is 2.77. The zero-order valence-corrected chi connectivity index (χ0v) is 12.7. The van der Waals surface area contributed by atoms with E-state index in [0.29, 0.717) is 4.47 Å². The van der Waals surface area contributed by atoms with Gasteiger partial charge in [0.05, 0.1) is 18.8 Å². The van der Waals surface area contributed by atoms with E-state index in [1.165, 1.54) is 12.1 Å². The van der Waals surface area contributed by atoms with Gasteiger partial charge < -0.3 is 10.4 Å². The number of hydrogen-bond acceptors (Lipinski definition) is 3. The number of carbonyl (C=O) groups is 1. The minimum absolute atomic E-state index is 0.0317. The van der Waals surface area contributed by atoms with E-state index in [2.05, 4.69) is 21.2 Å². The lowest BCUT2D eigenvalue weighted by Gasteiger charge is -2.33. The second-order valence-corrected chi connectivity index (χ2v) is 5.89. The first-order valence-corrected chi connectivity index (χ1v) is 7.49. The molecule has 1 atom stereocenters. The number of nitrogens with zero attached hydrogens (tertiary/aromatic N) is 1. The normalized spacial score (nSPS) is 19.9. The number of hydrogen-bond donors (Lipinski definition) is 2. The van der Waals surface area contributed by atoms with Gasteiger partial charge in [0.2, 0.25) is 5.91 Å². The molecule has 110 valence electrons. The third-order valence-corrected chi connectivity index (χ3v) is 4.00. The number of rotatable bonds is 4. The van der Waals surface area contributed by atoms with E-state index in [-0.39, 0.29) is 30.8 Å². The Hall–Kier alpha value is -0.980. The van der Waals surface area contributed by atoms with Crippen molar-refractivity contribution in [3.05, 3.63) is 28.5 Å². The third-order valence-electron chi connectivity index (χ3n) is 3.51. The van der Waals surface area contributed by atoms with Gasteiger partial charge in [0.1, 0.15) is 5.82 Å². The van der Waals surface area contributed by atoms with Crippen LogP contribution in [0.1, 0.15) is 19.3 Å². The molecule has 2 N–H and O–H groups in total. The second-order valence-electron chi connectivity index (χ2n) is 4.98. The maximum Gasteiger partial charge on any atom is 0.238 e. The SMILES string of the molecule is O=C(CN1CCCCC1CO)Nc1ccc(Br)cc1F. The fourth-order valence-electron chi connectivity index (χ4n) is 2.44. The Labute approximate surface area is 126 Å². The molecular weight excluding hydrogens is 327 g/mol. The van der Waals surface area contributed by atoms with Crippen molar-refractivity contribution in [3.63, 3.8) is 0 Å². The van der Waals surface area contributed by atoms with Gasteiger partial charge >= 0.3 is 0 Å². The van der Waals surface area contributed by atoms with Crippen LogP contribution in [0.5, 0.6) is 0 Å². The molecule has 1 aliphatic rings. The number of piperidine rings is 1. The Bertz CT molecular complexity index is 484. The molecule has 0 saturated carbocycles. The van der Waals surface area contributed by atoms with Gasteiger partial charge in [-0.25, -0.2) is 4.39 Å². The number of anilines is 1. The highest BCUT2D eigenvalue weighted by atomic mass is 79.9. The van der Waals surface area contributed by atoms with E-state index in [1.807, 2.05) is 4.90 Å². The minimum Gasteiger partial charge on any atom is -0.395 e. The number of likely N-dealkylation sites (tertiary alicyclic amines) is 1. The predicted molar refractivity (Wildman–Crippen MR) is 79.0 cm³/mol. The van der Waals surface area contributed by atoms with Crippen molar-refractivity contribution in [1.29, 1.82) is 0 Å². The number of benzene rings is 1. The molecule has 1 heterocycles. The zero-order chi connectivity index (χ0) is 14.5. The Kier molecular flexibility index (Phi) is 5.51. The Balaban J connectivity index is 1.94. The minimum atomic E-state index is -0.468. The first-order chi connectivity index (χ1) is 9.60. The van der Waals surface area contributed by atoms with Crippen LogP contribution in [-0.4, -0.2) is 41.7 Å². The van der Waals surface area contributed by atoms with E-state index in [4.69, 9.17) is 0 Å². The topological polar surface area (TPSA) is 52.6 Å². The number of carbonyl (C=O) groups excluding carboxylic acids is 1. The maximum atomic E-state index is 13.6. The molecule has 0 radical (unpaired) electrons. The summed E-state index contributed by atoms with van der Waals surface area (Å²) in [4.78, 5) is 13.9. The van der Waals surface area contributed by atoms with Crippen LogP contribution in [0.3, 0.4) is 0 Å². The Morgan fingerprint density at radius 1 is 1.50 bits per heavy atom. The lowest BCUT2D eigenvalue weighted by atomic mass is 10.0. The molecule has 2 rings (SSSR count). The van der Waals surface area contributed by atoms with Gasteiger partial charge in [-0.2, -0.15) is 0 Å². The van der Waals surface area contributed by atoms with Gasteiger partial charge in [-0.15, -0.1) is 0 Å². The lowest BCUT2D eigenvalue weighted by molar-refractivity contribution is -0.118. The van der Waals surface area contributed by atoms with Crippen molar-refractivity contribution in [2.45, 2.75) is 25.3 Å². The molecule has 1 aromatic rings. The van der Waals surface area contributed by atoms with Crippen LogP contribution in [0.2, 0.25) is 0 Å². The van der Waals surface area contributed by atoms with Gasteiger partial charge in [-0.1, -0.05) is 22.4 Å². The highest BCUT2D eigenvalue weighted by Gasteiger charge is 2.23. The van der Waals surface area contributed by atoms with E-state index < -0.39 is 5.82 Å². The van der Waals surface area contributed by atoms with Crippen LogP contribution in [0.4, 0.5) is 10.1 Å². The van der Waals surface area contributed by atoms with Crippen LogP contribution in [0, 0.1) is 5.82 Å². The summed E-state index contributed by atoms with van der Waals surface area (Å²) >= 11 is 3.17. The zero-order valence-electron chi connectivity index (χ0n) is 11.1. The van der Waals surface area contributed by atoms with Gasteiger partial charge in [0.15, 0.2) is 0 Å². The molecular formula is C14H18BrFN2O2. The number of halogens is 2. The maximum absolute atomic E-state index is 13.6. The van der Waals surface area contributed by atoms with E-state index in [9.17, 15) is 14.3 Å². The predicted octanol–water partition coefficient (Wildman–Crippen LogP) is 2.37. The summed E-state index contributed by atoms with van der Waals surface area (Å²) in [6.45, 7) is 1.03. The summed E-state index contributed by atoms with van der Waals surface area (Å²) < 4.78 is 14.3. The molecule has 1 saturated heterocycles. The molecule has 6 heteroatoms. The first-order valence-electron chi connectivity index (χ1n) is 6.70. The van der Waals surface area contributed by atoms with Crippen LogP contribution in [-0.2, 0) is 4.79 Å². The van der Waals surface area contributed by atoms with Crippen LogP contribution < -0.4 is 5.32 Å². The fraction of sp³-hybridized carbons (Fsp3) is 0.500. The summed E-state index contributed by atoms with van der Waals surface area (Å²) in [5.74, 6) is -0.725. The molecule has 0 spiro atoms. The van der Waals surface area contributed by atoms with Crippen molar-refractivity contribution < 1.29 is 14.3 Å². The van der Waals surface area contributed by atoms with E-state index >= 15 is 0 Å². The van der Waals surface area contributed by atoms with Gasteiger partial charge in [0, 0.05) is 10.5 Å². The van der Waals surface area contributed by atoms with Crippen LogP contribution in [0.25, 0.3) is 0 Å². The molecule has 0 aliphatic carbocycles. The van der Waals surface area contributed by atoms with E-state index in [0.717, 1.165) is 25.8 Å². The first kappa shape index (κ1) is 15.4. The number of nitrogens with one attached hydrogen (secondary N) is 1. The van der Waals surface area contributed by atoms with Gasteiger partial charge in [-0.3, -0.25) is 9.69 Å². The van der Waals surface area contributed by atoms with Crippen molar-refractivity contribution >= 4 is 27.5 Å². The van der Waals surface area contributed by atoms with Crippen LogP contribution in [0.15, 0.2) is 22.7 Å². The molecule has 1 unspecified atom stereocenters. The monoisotopic (exact) mass is 344 g/mol. The summed E-state index contributed by atoms with van der Waals surface area (Å²) in [6.07, 6.45) is 3.00. The summed E-state index contributed by atoms with van der Waals surface area (Å²) in [5.41, 5.74) is 0.177. The molecule has 0 aromatic heterocycles. The highest BCUT2D eigenvalue weighted by molar-refractivity contribution is 9.10. The smallest absolute Gasteiger partial charge is 0.238 e. The summed E-state index contributed by atoms with van der Waals surface area (Å²) in [7, 11) is 0. The van der Waals surface area contributed by atoms with Gasteiger partial charge in [-0.05, 0) is 37.6 Å². The molecule has 0 bridgehead atoms. The Morgan fingerprint density at radius 2 is 2.30 bits per heavy atom. The average molecular weight is 345 g/mol. The highest BCUT2D eigenvalue weighted by Crippen LogP contribution is 2.20. The quantitative estimate of drug-likeness (QED) is 0.881. The molecule has 4 nitrogen and oxygen atoms in total. The molecule has 1 aliphatic heterocycles. The molecule has 1 amide bonds. The lowest BCUT2D eigenvalue weighted by Crippen LogP contribution is -2.45. The third kappa shape index (κ3) is 4.01. The van der Waals surface area contributed by atoms with Crippen molar-refractivity contribution in [3.8, 4) is 0 Å². The van der Waals surface area contributed by atoms with Crippen LogP contribution >= 0.6 is 15.9 Å². The molecule has 1 aromatic carbocycles. The standard InChI is InChI=1S/C14H18BrFN2O2/c15-10-4-5-13(12(16)7-10)17-14(20)8-18-6-2-1-3-11(18)9-19/h4-5,7,11,19H,1-3,6,8-9H2,(H,17,20). The molecule has 1 fully saturated rings. The van der Waals surface area contributed by atoms with Crippen molar-refractivity contribution in [1.82, 2.24) is 4.90 Å². The van der Waals surface area contributed by atoms with E-state index in [1.54, 1.807) is 6.07 Å². The largest absolute Gasteiger partial charge is 0.395 e.